The average Bonchev–Trinajstić information content (AvgIpc) is 2.86. The normalized spacial score (nSPS) is 12.5. The molecular weight excluding hydrogens is 299 g/mol. The van der Waals surface area contributed by atoms with Gasteiger partial charge in [-0.15, -0.1) is 11.3 Å². The van der Waals surface area contributed by atoms with Crippen LogP contribution in [0.4, 0.5) is 13.2 Å². The van der Waals surface area contributed by atoms with Gasteiger partial charge in [-0.25, -0.2) is 0 Å². The fourth-order valence-corrected chi connectivity index (χ4v) is 2.62. The van der Waals surface area contributed by atoms with Gasteiger partial charge in [-0.05, 0) is 47.7 Å². The molecule has 0 unspecified atom stereocenters. The summed E-state index contributed by atoms with van der Waals surface area (Å²) in [4.78, 5) is 11.8. The summed E-state index contributed by atoms with van der Waals surface area (Å²) in [5.41, 5.74) is 6.40. The van der Waals surface area contributed by atoms with Crippen LogP contribution in [0.5, 0.6) is 0 Å². The first-order chi connectivity index (χ1) is 9.77. The Bertz CT molecular complexity index is 684. The molecule has 6 heteroatoms. The smallest absolute Gasteiger partial charge is 0.366 e. The summed E-state index contributed by atoms with van der Waals surface area (Å²) >= 11 is 1.39. The summed E-state index contributed by atoms with van der Waals surface area (Å²) in [6, 6.07) is 6.77. The van der Waals surface area contributed by atoms with Crippen LogP contribution in [0.1, 0.15) is 17.4 Å². The Morgan fingerprint density at radius 3 is 2.33 bits per heavy atom. The second kappa shape index (κ2) is 5.73. The number of carbonyl (C=O) groups excluding carboxylic acids is 1. The number of nitrogens with two attached hydrogens (primary N) is 1. The Hall–Kier alpha value is -2.08. The third-order valence-corrected chi connectivity index (χ3v) is 3.79. The molecule has 0 radical (unpaired) electrons. The molecule has 0 aliphatic carbocycles. The lowest BCUT2D eigenvalue weighted by Crippen LogP contribution is -2.11. The van der Waals surface area contributed by atoms with Gasteiger partial charge in [0.05, 0.1) is 5.56 Å². The molecular formula is C15H12F3NOS. The van der Waals surface area contributed by atoms with E-state index in [0.717, 1.165) is 22.6 Å². The van der Waals surface area contributed by atoms with Crippen molar-refractivity contribution in [2.24, 2.45) is 5.73 Å². The van der Waals surface area contributed by atoms with Crippen molar-refractivity contribution in [1.82, 2.24) is 0 Å². The highest BCUT2D eigenvalue weighted by molar-refractivity contribution is 7.11. The predicted octanol–water partition coefficient (Wildman–Crippen LogP) is 4.32. The number of hydrogen-bond donors (Lipinski definition) is 1. The van der Waals surface area contributed by atoms with Crippen LogP contribution in [0, 0.1) is 0 Å². The lowest BCUT2D eigenvalue weighted by molar-refractivity contribution is -0.137. The minimum Gasteiger partial charge on any atom is -0.366 e. The van der Waals surface area contributed by atoms with Crippen molar-refractivity contribution in [1.29, 1.82) is 0 Å². The molecule has 0 saturated carbocycles. The second-order valence-electron chi connectivity index (χ2n) is 4.50. The summed E-state index contributed by atoms with van der Waals surface area (Å²) in [6.07, 6.45) is -2.68. The van der Waals surface area contributed by atoms with Gasteiger partial charge in [0.2, 0.25) is 5.91 Å². The van der Waals surface area contributed by atoms with E-state index in [0.29, 0.717) is 11.1 Å². The SMILES string of the molecule is C/C(=C\c1cc(-c2ccc(C(F)(F)F)cc2)cs1)C(N)=O. The second-order valence-corrected chi connectivity index (χ2v) is 5.45. The maximum absolute atomic E-state index is 12.5. The molecule has 0 fully saturated rings. The number of thiophene rings is 1. The molecule has 2 aromatic rings. The van der Waals surface area contributed by atoms with E-state index in [9.17, 15) is 18.0 Å². The van der Waals surface area contributed by atoms with Gasteiger partial charge in [0.1, 0.15) is 0 Å². The Morgan fingerprint density at radius 2 is 1.81 bits per heavy atom. The van der Waals surface area contributed by atoms with Gasteiger partial charge in [-0.2, -0.15) is 13.2 Å². The first-order valence-electron chi connectivity index (χ1n) is 6.01. The van der Waals surface area contributed by atoms with Crippen LogP contribution in [-0.2, 0) is 11.0 Å². The zero-order chi connectivity index (χ0) is 15.6. The minimum atomic E-state index is -4.33. The van der Waals surface area contributed by atoms with Gasteiger partial charge in [-0.3, -0.25) is 4.79 Å². The average molecular weight is 311 g/mol. The summed E-state index contributed by atoms with van der Waals surface area (Å²) in [7, 11) is 0. The lowest BCUT2D eigenvalue weighted by atomic mass is 10.1. The monoisotopic (exact) mass is 311 g/mol. The van der Waals surface area contributed by atoms with E-state index < -0.39 is 17.6 Å². The third kappa shape index (κ3) is 3.72. The number of carbonyl (C=O) groups is 1. The molecule has 0 bridgehead atoms. The molecule has 1 aromatic carbocycles. The van der Waals surface area contributed by atoms with Crippen LogP contribution in [0.3, 0.4) is 0 Å². The number of alkyl halides is 3. The highest BCUT2D eigenvalue weighted by Gasteiger charge is 2.29. The van der Waals surface area contributed by atoms with Gasteiger partial charge in [0, 0.05) is 10.5 Å². The molecule has 1 heterocycles. The summed E-state index contributed by atoms with van der Waals surface area (Å²) in [5, 5.41) is 1.82. The van der Waals surface area contributed by atoms with Crippen molar-refractivity contribution < 1.29 is 18.0 Å². The van der Waals surface area contributed by atoms with Crippen molar-refractivity contribution in [2.45, 2.75) is 13.1 Å². The van der Waals surface area contributed by atoms with Gasteiger partial charge < -0.3 is 5.73 Å². The Balaban J connectivity index is 2.26. The summed E-state index contributed by atoms with van der Waals surface area (Å²) in [5.74, 6) is -0.500. The third-order valence-electron chi connectivity index (χ3n) is 2.91. The molecule has 1 aromatic heterocycles. The van der Waals surface area contributed by atoms with Gasteiger partial charge in [-0.1, -0.05) is 12.1 Å². The van der Waals surface area contributed by atoms with Crippen molar-refractivity contribution in [3.63, 3.8) is 0 Å². The van der Waals surface area contributed by atoms with Gasteiger partial charge in [0.15, 0.2) is 0 Å². The Morgan fingerprint density at radius 1 is 1.19 bits per heavy atom. The van der Waals surface area contributed by atoms with Crippen LogP contribution >= 0.6 is 11.3 Å². The fraction of sp³-hybridized carbons (Fsp3) is 0.133. The zero-order valence-electron chi connectivity index (χ0n) is 11.1. The molecule has 1 amide bonds. The van der Waals surface area contributed by atoms with Crippen LogP contribution in [0.25, 0.3) is 17.2 Å². The minimum absolute atomic E-state index is 0.427. The largest absolute Gasteiger partial charge is 0.416 e. The van der Waals surface area contributed by atoms with E-state index in [-0.39, 0.29) is 0 Å². The van der Waals surface area contributed by atoms with Crippen LogP contribution in [0.15, 0.2) is 41.3 Å². The fourth-order valence-electron chi connectivity index (χ4n) is 1.72. The number of halogens is 3. The Kier molecular flexibility index (Phi) is 4.18. The van der Waals surface area contributed by atoms with Crippen molar-refractivity contribution in [3.8, 4) is 11.1 Å². The predicted molar refractivity (Wildman–Crippen MR) is 77.6 cm³/mol. The van der Waals surface area contributed by atoms with E-state index in [1.54, 1.807) is 19.1 Å². The van der Waals surface area contributed by atoms with Crippen LogP contribution < -0.4 is 5.73 Å². The number of amides is 1. The zero-order valence-corrected chi connectivity index (χ0v) is 11.9. The molecule has 0 aliphatic heterocycles. The highest BCUT2D eigenvalue weighted by atomic mass is 32.1. The van der Waals surface area contributed by atoms with Crippen LogP contribution in [0.2, 0.25) is 0 Å². The number of benzene rings is 1. The maximum atomic E-state index is 12.5. The molecule has 0 atom stereocenters. The summed E-state index contributed by atoms with van der Waals surface area (Å²) in [6.45, 7) is 1.61. The first kappa shape index (κ1) is 15.3. The molecule has 0 saturated heterocycles. The van der Waals surface area contributed by atoms with E-state index in [1.807, 2.05) is 5.38 Å². The molecule has 2 rings (SSSR count). The van der Waals surface area contributed by atoms with E-state index in [1.165, 1.54) is 23.5 Å². The molecule has 2 N–H and O–H groups in total. The summed E-state index contributed by atoms with van der Waals surface area (Å²) < 4.78 is 37.5. The van der Waals surface area contributed by atoms with Crippen molar-refractivity contribution in [2.75, 3.05) is 0 Å². The topological polar surface area (TPSA) is 43.1 Å². The van der Waals surface area contributed by atoms with Gasteiger partial charge >= 0.3 is 6.18 Å². The first-order valence-corrected chi connectivity index (χ1v) is 6.89. The van der Waals surface area contributed by atoms with Crippen molar-refractivity contribution in [3.05, 3.63) is 51.7 Å². The molecule has 110 valence electrons. The molecule has 2 nitrogen and oxygen atoms in total. The van der Waals surface area contributed by atoms with E-state index in [2.05, 4.69) is 0 Å². The standard InChI is InChI=1S/C15H12F3NOS/c1-9(14(19)20)6-13-7-11(8-21-13)10-2-4-12(5-3-10)15(16,17)18/h2-8H,1H3,(H2,19,20)/b9-6+. The number of rotatable bonds is 3. The maximum Gasteiger partial charge on any atom is 0.416 e. The molecule has 21 heavy (non-hydrogen) atoms. The quantitative estimate of drug-likeness (QED) is 0.843. The molecule has 0 spiro atoms. The van der Waals surface area contributed by atoms with Gasteiger partial charge in [0.25, 0.3) is 0 Å². The number of primary amides is 1. The Labute approximate surface area is 123 Å². The van der Waals surface area contributed by atoms with Crippen molar-refractivity contribution >= 4 is 23.3 Å². The lowest BCUT2D eigenvalue weighted by Gasteiger charge is -2.06. The number of hydrogen-bond acceptors (Lipinski definition) is 2. The molecule has 0 aliphatic rings. The van der Waals surface area contributed by atoms with E-state index in [4.69, 9.17) is 5.73 Å². The van der Waals surface area contributed by atoms with Crippen LogP contribution in [-0.4, -0.2) is 5.91 Å². The highest BCUT2D eigenvalue weighted by Crippen LogP contribution is 2.32. The van der Waals surface area contributed by atoms with E-state index >= 15 is 0 Å².